The van der Waals surface area contributed by atoms with E-state index in [9.17, 15) is 4.79 Å². The van der Waals surface area contributed by atoms with Crippen molar-refractivity contribution in [1.29, 1.82) is 0 Å². The highest BCUT2D eigenvalue weighted by molar-refractivity contribution is 5.99. The van der Waals surface area contributed by atoms with Crippen LogP contribution in [0.2, 0.25) is 0 Å². The van der Waals surface area contributed by atoms with Crippen LogP contribution < -0.4 is 10.6 Å². The summed E-state index contributed by atoms with van der Waals surface area (Å²) in [6.07, 6.45) is 10.2. The number of rotatable bonds is 5. The van der Waals surface area contributed by atoms with Crippen molar-refractivity contribution in [2.45, 2.75) is 77.3 Å². The quantitative estimate of drug-likeness (QED) is 0.707. The smallest absolute Gasteiger partial charge is 0.251 e. The van der Waals surface area contributed by atoms with E-state index >= 15 is 0 Å². The van der Waals surface area contributed by atoms with E-state index in [4.69, 9.17) is 0 Å². The SMILES string of the molecule is CCNC(=O)c1ccc2[nH]c3c(c2c1)CCCC3NC1CCC(CC)CC1. The fourth-order valence-electron chi connectivity index (χ4n) is 5.06. The molecule has 2 aliphatic carbocycles. The summed E-state index contributed by atoms with van der Waals surface area (Å²) in [5, 5.41) is 8.11. The molecule has 1 unspecified atom stereocenters. The number of H-pyrrole nitrogens is 1. The summed E-state index contributed by atoms with van der Waals surface area (Å²) in [4.78, 5) is 15.9. The van der Waals surface area contributed by atoms with Gasteiger partial charge in [0.1, 0.15) is 0 Å². The van der Waals surface area contributed by atoms with Gasteiger partial charge in [0, 0.05) is 40.8 Å². The zero-order valence-electron chi connectivity index (χ0n) is 16.7. The van der Waals surface area contributed by atoms with Crippen molar-refractivity contribution in [2.75, 3.05) is 6.54 Å². The average Bonchev–Trinajstić information content (AvgIpc) is 3.08. The Morgan fingerprint density at radius 3 is 2.70 bits per heavy atom. The number of amides is 1. The molecule has 1 aromatic heterocycles. The largest absolute Gasteiger partial charge is 0.357 e. The second-order valence-electron chi connectivity index (χ2n) is 8.37. The standard InChI is InChI=1S/C23H33N3O/c1-3-15-8-11-17(12-9-15)25-21-7-5-6-18-19-14-16(23(27)24-4-2)10-13-20(19)26-22(18)21/h10,13-15,17,21,25-26H,3-9,11-12H2,1-2H3,(H,24,27). The first-order valence-electron chi connectivity index (χ1n) is 10.9. The van der Waals surface area contributed by atoms with Crippen molar-refractivity contribution < 1.29 is 4.79 Å². The molecule has 146 valence electrons. The molecule has 0 radical (unpaired) electrons. The van der Waals surface area contributed by atoms with Gasteiger partial charge < -0.3 is 15.6 Å². The number of benzene rings is 1. The summed E-state index contributed by atoms with van der Waals surface area (Å²) in [6.45, 7) is 4.94. The predicted molar refractivity (Wildman–Crippen MR) is 111 cm³/mol. The molecule has 0 spiro atoms. The summed E-state index contributed by atoms with van der Waals surface area (Å²) in [5.41, 5.74) is 4.71. The summed E-state index contributed by atoms with van der Waals surface area (Å²) in [6, 6.07) is 7.16. The molecule has 1 amide bonds. The van der Waals surface area contributed by atoms with Gasteiger partial charge in [-0.2, -0.15) is 0 Å². The van der Waals surface area contributed by atoms with E-state index in [1.807, 2.05) is 13.0 Å². The van der Waals surface area contributed by atoms with Crippen LogP contribution in [0.5, 0.6) is 0 Å². The molecule has 4 heteroatoms. The van der Waals surface area contributed by atoms with Crippen LogP contribution in [0.3, 0.4) is 0 Å². The van der Waals surface area contributed by atoms with Gasteiger partial charge in [0.2, 0.25) is 0 Å². The summed E-state index contributed by atoms with van der Waals surface area (Å²) >= 11 is 0. The van der Waals surface area contributed by atoms with Crippen LogP contribution in [0, 0.1) is 5.92 Å². The first-order chi connectivity index (χ1) is 13.2. The highest BCUT2D eigenvalue weighted by atomic mass is 16.1. The van der Waals surface area contributed by atoms with Gasteiger partial charge in [0.05, 0.1) is 0 Å². The number of hydrogen-bond acceptors (Lipinski definition) is 2. The molecule has 1 heterocycles. The monoisotopic (exact) mass is 367 g/mol. The molecule has 1 fully saturated rings. The van der Waals surface area contributed by atoms with Crippen LogP contribution >= 0.6 is 0 Å². The Bertz CT molecular complexity index is 801. The predicted octanol–water partition coefficient (Wildman–Crippen LogP) is 4.85. The minimum atomic E-state index is 0.0209. The maximum atomic E-state index is 12.2. The number of aromatic amines is 1. The van der Waals surface area contributed by atoms with Crippen LogP contribution in [0.15, 0.2) is 18.2 Å². The van der Waals surface area contributed by atoms with Gasteiger partial charge in [-0.3, -0.25) is 4.79 Å². The van der Waals surface area contributed by atoms with E-state index in [1.165, 1.54) is 61.6 Å². The third-order valence-corrected chi connectivity index (χ3v) is 6.67. The highest BCUT2D eigenvalue weighted by Crippen LogP contribution is 2.37. The van der Waals surface area contributed by atoms with Crippen molar-refractivity contribution in [2.24, 2.45) is 5.92 Å². The van der Waals surface area contributed by atoms with E-state index in [2.05, 4.69) is 34.7 Å². The van der Waals surface area contributed by atoms with Crippen molar-refractivity contribution in [3.8, 4) is 0 Å². The van der Waals surface area contributed by atoms with Crippen molar-refractivity contribution in [3.05, 3.63) is 35.0 Å². The molecule has 1 aromatic carbocycles. The molecule has 4 rings (SSSR count). The number of carbonyl (C=O) groups is 1. The van der Waals surface area contributed by atoms with Gasteiger partial charge >= 0.3 is 0 Å². The number of aromatic nitrogens is 1. The zero-order valence-corrected chi connectivity index (χ0v) is 16.7. The van der Waals surface area contributed by atoms with E-state index in [0.717, 1.165) is 23.4 Å². The van der Waals surface area contributed by atoms with Crippen LogP contribution in [0.25, 0.3) is 10.9 Å². The van der Waals surface area contributed by atoms with E-state index in [0.29, 0.717) is 18.6 Å². The number of aryl methyl sites for hydroxylation is 1. The second kappa shape index (κ2) is 8.05. The van der Waals surface area contributed by atoms with Crippen LogP contribution in [0.4, 0.5) is 0 Å². The highest BCUT2D eigenvalue weighted by Gasteiger charge is 2.28. The third-order valence-electron chi connectivity index (χ3n) is 6.67. The Labute approximate surface area is 162 Å². The van der Waals surface area contributed by atoms with Gasteiger partial charge in [-0.05, 0) is 81.5 Å². The normalized spacial score (nSPS) is 25.3. The molecule has 2 aliphatic rings. The van der Waals surface area contributed by atoms with E-state index in [-0.39, 0.29) is 5.91 Å². The lowest BCUT2D eigenvalue weighted by molar-refractivity contribution is 0.0956. The number of nitrogens with one attached hydrogen (secondary N) is 3. The summed E-state index contributed by atoms with van der Waals surface area (Å²) < 4.78 is 0. The van der Waals surface area contributed by atoms with Gasteiger partial charge in [-0.15, -0.1) is 0 Å². The molecular weight excluding hydrogens is 334 g/mol. The van der Waals surface area contributed by atoms with Crippen molar-refractivity contribution in [3.63, 3.8) is 0 Å². The molecule has 0 saturated heterocycles. The van der Waals surface area contributed by atoms with Crippen molar-refractivity contribution >= 4 is 16.8 Å². The van der Waals surface area contributed by atoms with Gasteiger partial charge in [-0.25, -0.2) is 0 Å². The molecule has 2 aromatic rings. The molecular formula is C23H33N3O. The van der Waals surface area contributed by atoms with E-state index in [1.54, 1.807) is 0 Å². The summed E-state index contributed by atoms with van der Waals surface area (Å²) in [5.74, 6) is 0.957. The lowest BCUT2D eigenvalue weighted by Gasteiger charge is -2.33. The second-order valence-corrected chi connectivity index (χ2v) is 8.37. The molecule has 3 N–H and O–H groups in total. The van der Waals surface area contributed by atoms with E-state index < -0.39 is 0 Å². The lowest BCUT2D eigenvalue weighted by Crippen LogP contribution is -2.37. The number of hydrogen-bond donors (Lipinski definition) is 3. The third kappa shape index (κ3) is 3.77. The number of carbonyl (C=O) groups excluding carboxylic acids is 1. The Morgan fingerprint density at radius 2 is 1.96 bits per heavy atom. The Morgan fingerprint density at radius 1 is 1.15 bits per heavy atom. The first-order valence-corrected chi connectivity index (χ1v) is 10.9. The Balaban J connectivity index is 1.55. The average molecular weight is 368 g/mol. The zero-order chi connectivity index (χ0) is 18.8. The summed E-state index contributed by atoms with van der Waals surface area (Å²) in [7, 11) is 0. The molecule has 4 nitrogen and oxygen atoms in total. The van der Waals surface area contributed by atoms with Gasteiger partial charge in [0.15, 0.2) is 0 Å². The van der Waals surface area contributed by atoms with Crippen LogP contribution in [-0.2, 0) is 6.42 Å². The topological polar surface area (TPSA) is 56.9 Å². The fraction of sp³-hybridized carbons (Fsp3) is 0.609. The van der Waals surface area contributed by atoms with Gasteiger partial charge in [-0.1, -0.05) is 13.3 Å². The fourth-order valence-corrected chi connectivity index (χ4v) is 5.06. The molecule has 1 atom stereocenters. The maximum Gasteiger partial charge on any atom is 0.251 e. The molecule has 27 heavy (non-hydrogen) atoms. The number of fused-ring (bicyclic) bond motifs is 3. The Kier molecular flexibility index (Phi) is 5.53. The molecule has 1 saturated carbocycles. The maximum absolute atomic E-state index is 12.2. The minimum absolute atomic E-state index is 0.0209. The van der Waals surface area contributed by atoms with Crippen LogP contribution in [-0.4, -0.2) is 23.5 Å². The molecule has 0 aliphatic heterocycles. The van der Waals surface area contributed by atoms with Gasteiger partial charge in [0.25, 0.3) is 5.91 Å². The minimum Gasteiger partial charge on any atom is -0.357 e. The van der Waals surface area contributed by atoms with Crippen molar-refractivity contribution in [1.82, 2.24) is 15.6 Å². The molecule has 0 bridgehead atoms. The Hall–Kier alpha value is -1.81. The lowest BCUT2D eigenvalue weighted by atomic mass is 9.83. The van der Waals surface area contributed by atoms with Crippen LogP contribution in [0.1, 0.15) is 86.5 Å². The first kappa shape index (κ1) is 18.5.